The highest BCUT2D eigenvalue weighted by Gasteiger charge is 2.02. The summed E-state index contributed by atoms with van der Waals surface area (Å²) in [5.41, 5.74) is 1.12. The smallest absolute Gasteiger partial charge is 0.347 e. The number of fused-ring (bicyclic) bond motifs is 1. The molecule has 0 aliphatic carbocycles. The molecule has 0 saturated heterocycles. The molecule has 0 fully saturated rings. The number of aryl methyl sites for hydroxylation is 1. The van der Waals surface area contributed by atoms with Crippen molar-refractivity contribution in [1.29, 1.82) is 0 Å². The van der Waals surface area contributed by atoms with Crippen molar-refractivity contribution < 1.29 is 4.74 Å². The first-order valence-corrected chi connectivity index (χ1v) is 4.68. The van der Waals surface area contributed by atoms with E-state index in [1.807, 2.05) is 6.92 Å². The van der Waals surface area contributed by atoms with Gasteiger partial charge in [-0.05, 0) is 13.0 Å². The molecule has 2 aromatic heterocycles. The van der Waals surface area contributed by atoms with Crippen molar-refractivity contribution in [2.45, 2.75) is 6.92 Å². The summed E-state index contributed by atoms with van der Waals surface area (Å²) in [7, 11) is 1.67. The van der Waals surface area contributed by atoms with Gasteiger partial charge in [-0.2, -0.15) is 4.98 Å². The zero-order chi connectivity index (χ0) is 10.8. The Morgan fingerprint density at radius 1 is 1.47 bits per heavy atom. The van der Waals surface area contributed by atoms with Crippen LogP contribution in [-0.4, -0.2) is 21.1 Å². The quantitative estimate of drug-likeness (QED) is 0.725. The minimum Gasteiger partial charge on any atom is -0.478 e. The molecule has 0 aliphatic rings. The van der Waals surface area contributed by atoms with Crippen LogP contribution in [0.2, 0.25) is 0 Å². The molecule has 5 heteroatoms. The minimum atomic E-state index is -0.284. The third-order valence-corrected chi connectivity index (χ3v) is 2.11. The molecular weight excluding hydrogens is 194 g/mol. The van der Waals surface area contributed by atoms with E-state index in [0.29, 0.717) is 18.0 Å². The van der Waals surface area contributed by atoms with Crippen LogP contribution in [0.5, 0.6) is 5.88 Å². The first-order valence-electron chi connectivity index (χ1n) is 4.68. The van der Waals surface area contributed by atoms with Crippen molar-refractivity contribution in [2.24, 2.45) is 7.05 Å². The molecule has 0 aliphatic heterocycles. The molecule has 5 nitrogen and oxygen atoms in total. The Labute approximate surface area is 86.4 Å². The predicted octanol–water partition coefficient (Wildman–Crippen LogP) is 0.727. The Balaban J connectivity index is 2.64. The molecule has 2 aromatic rings. The highest BCUT2D eigenvalue weighted by atomic mass is 16.5. The third kappa shape index (κ3) is 1.68. The van der Waals surface area contributed by atoms with Gasteiger partial charge in [0.25, 0.3) is 0 Å². The summed E-state index contributed by atoms with van der Waals surface area (Å²) < 4.78 is 6.71. The molecule has 0 N–H and O–H groups in total. The van der Waals surface area contributed by atoms with E-state index < -0.39 is 0 Å². The van der Waals surface area contributed by atoms with Gasteiger partial charge in [0, 0.05) is 13.1 Å². The molecule has 0 bridgehead atoms. The largest absolute Gasteiger partial charge is 0.478 e. The maximum absolute atomic E-state index is 11.2. The third-order valence-electron chi connectivity index (χ3n) is 2.11. The van der Waals surface area contributed by atoms with Crippen LogP contribution in [0.15, 0.2) is 23.1 Å². The van der Waals surface area contributed by atoms with Gasteiger partial charge < -0.3 is 4.74 Å². The first kappa shape index (κ1) is 9.64. The average Bonchev–Trinajstić information content (AvgIpc) is 2.24. The van der Waals surface area contributed by atoms with Gasteiger partial charge in [-0.1, -0.05) is 0 Å². The van der Waals surface area contributed by atoms with Gasteiger partial charge in [0.2, 0.25) is 5.88 Å². The number of rotatable bonds is 2. The second kappa shape index (κ2) is 3.68. The van der Waals surface area contributed by atoms with E-state index in [1.165, 1.54) is 10.8 Å². The number of hydrogen-bond acceptors (Lipinski definition) is 4. The van der Waals surface area contributed by atoms with Crippen molar-refractivity contribution in [2.75, 3.05) is 6.61 Å². The van der Waals surface area contributed by atoms with Crippen LogP contribution in [-0.2, 0) is 7.05 Å². The Morgan fingerprint density at radius 2 is 2.27 bits per heavy atom. The van der Waals surface area contributed by atoms with Crippen LogP contribution < -0.4 is 10.4 Å². The lowest BCUT2D eigenvalue weighted by atomic mass is 10.3. The van der Waals surface area contributed by atoms with E-state index in [9.17, 15) is 4.79 Å². The zero-order valence-corrected chi connectivity index (χ0v) is 8.60. The van der Waals surface area contributed by atoms with E-state index in [4.69, 9.17) is 4.74 Å². The number of nitrogens with zero attached hydrogens (tertiary/aromatic N) is 3. The maximum atomic E-state index is 11.2. The summed E-state index contributed by atoms with van der Waals surface area (Å²) in [5, 5.41) is 0. The van der Waals surface area contributed by atoms with Crippen molar-refractivity contribution in [3.8, 4) is 5.88 Å². The molecule has 0 unspecified atom stereocenters. The van der Waals surface area contributed by atoms with Crippen LogP contribution in [0, 0.1) is 0 Å². The van der Waals surface area contributed by atoms with Crippen molar-refractivity contribution >= 4 is 11.0 Å². The van der Waals surface area contributed by atoms with Crippen LogP contribution in [0.1, 0.15) is 6.92 Å². The van der Waals surface area contributed by atoms with E-state index in [1.54, 1.807) is 19.2 Å². The van der Waals surface area contributed by atoms with E-state index in [-0.39, 0.29) is 5.69 Å². The number of ether oxygens (including phenoxy) is 1. The molecule has 0 atom stereocenters. The van der Waals surface area contributed by atoms with Crippen molar-refractivity contribution in [3.05, 3.63) is 28.8 Å². The zero-order valence-electron chi connectivity index (χ0n) is 8.60. The fraction of sp³-hybridized carbons (Fsp3) is 0.300. The minimum absolute atomic E-state index is 0.284. The summed E-state index contributed by atoms with van der Waals surface area (Å²) in [5.74, 6) is 0.547. The molecule has 78 valence electrons. The fourth-order valence-corrected chi connectivity index (χ4v) is 1.36. The SMILES string of the molecule is CCOc1ccc2c(cnc(=O)n2C)n1. The Bertz CT molecular complexity index is 548. The molecule has 2 rings (SSSR count). The van der Waals surface area contributed by atoms with Gasteiger partial charge in [0.1, 0.15) is 5.52 Å². The van der Waals surface area contributed by atoms with Gasteiger partial charge in [-0.25, -0.2) is 9.78 Å². The number of pyridine rings is 1. The standard InChI is InChI=1S/C10H11N3O2/c1-3-15-9-5-4-8-7(12-9)6-11-10(14)13(8)2/h4-6H,3H2,1-2H3. The van der Waals surface area contributed by atoms with Gasteiger partial charge in [0.05, 0.1) is 18.3 Å². The topological polar surface area (TPSA) is 57.0 Å². The summed E-state index contributed by atoms with van der Waals surface area (Å²) in [6.45, 7) is 2.46. The van der Waals surface area contributed by atoms with Crippen LogP contribution >= 0.6 is 0 Å². The summed E-state index contributed by atoms with van der Waals surface area (Å²) in [6.07, 6.45) is 1.46. The summed E-state index contributed by atoms with van der Waals surface area (Å²) >= 11 is 0. The van der Waals surface area contributed by atoms with E-state index in [2.05, 4.69) is 9.97 Å². The monoisotopic (exact) mass is 205 g/mol. The van der Waals surface area contributed by atoms with Gasteiger partial charge in [-0.3, -0.25) is 4.57 Å². The first-order chi connectivity index (χ1) is 7.22. The maximum Gasteiger partial charge on any atom is 0.347 e. The Morgan fingerprint density at radius 3 is 3.00 bits per heavy atom. The second-order valence-electron chi connectivity index (χ2n) is 3.09. The van der Waals surface area contributed by atoms with E-state index in [0.717, 1.165) is 5.52 Å². The molecular formula is C10H11N3O2. The van der Waals surface area contributed by atoms with Crippen LogP contribution in [0.4, 0.5) is 0 Å². The molecule has 2 heterocycles. The van der Waals surface area contributed by atoms with E-state index >= 15 is 0 Å². The predicted molar refractivity (Wildman–Crippen MR) is 55.9 cm³/mol. The van der Waals surface area contributed by atoms with Crippen LogP contribution in [0.3, 0.4) is 0 Å². The lowest BCUT2D eigenvalue weighted by Crippen LogP contribution is -2.19. The van der Waals surface area contributed by atoms with Crippen LogP contribution in [0.25, 0.3) is 11.0 Å². The number of hydrogen-bond donors (Lipinski definition) is 0. The molecule has 0 spiro atoms. The Kier molecular flexibility index (Phi) is 2.37. The van der Waals surface area contributed by atoms with Crippen molar-refractivity contribution in [3.63, 3.8) is 0 Å². The fourth-order valence-electron chi connectivity index (χ4n) is 1.36. The second-order valence-corrected chi connectivity index (χ2v) is 3.09. The summed E-state index contributed by atoms with van der Waals surface area (Å²) in [4.78, 5) is 19.2. The normalized spacial score (nSPS) is 10.5. The number of aromatic nitrogens is 3. The molecule has 0 saturated carbocycles. The Hall–Kier alpha value is -1.91. The highest BCUT2D eigenvalue weighted by molar-refractivity contribution is 5.73. The lowest BCUT2D eigenvalue weighted by Gasteiger charge is -2.05. The van der Waals surface area contributed by atoms with Gasteiger partial charge in [-0.15, -0.1) is 0 Å². The molecule has 15 heavy (non-hydrogen) atoms. The highest BCUT2D eigenvalue weighted by Crippen LogP contribution is 2.13. The molecule has 0 radical (unpaired) electrons. The van der Waals surface area contributed by atoms with Gasteiger partial charge >= 0.3 is 5.69 Å². The average molecular weight is 205 g/mol. The van der Waals surface area contributed by atoms with Crippen molar-refractivity contribution in [1.82, 2.24) is 14.5 Å². The molecule has 0 amide bonds. The van der Waals surface area contributed by atoms with Gasteiger partial charge in [0.15, 0.2) is 0 Å². The summed E-state index contributed by atoms with van der Waals surface area (Å²) in [6, 6.07) is 3.54. The lowest BCUT2D eigenvalue weighted by molar-refractivity contribution is 0.328. The molecule has 0 aromatic carbocycles.